The Morgan fingerprint density at radius 1 is 1.44 bits per heavy atom. The van der Waals surface area contributed by atoms with Crippen molar-refractivity contribution in [2.24, 2.45) is 5.92 Å². The van der Waals surface area contributed by atoms with Gasteiger partial charge in [-0.15, -0.1) is 11.6 Å². The van der Waals surface area contributed by atoms with E-state index in [1.807, 2.05) is 6.92 Å². The molecule has 0 aliphatic heterocycles. The number of anilines is 1. The van der Waals surface area contributed by atoms with E-state index in [9.17, 15) is 13.2 Å². The van der Waals surface area contributed by atoms with E-state index in [1.54, 1.807) is 0 Å². The number of aromatic nitrogens is 1. The summed E-state index contributed by atoms with van der Waals surface area (Å²) in [6.45, 7) is 2.44. The lowest BCUT2D eigenvalue weighted by Gasteiger charge is -2.17. The highest BCUT2D eigenvalue weighted by Crippen LogP contribution is 2.33. The summed E-state index contributed by atoms with van der Waals surface area (Å²) in [6.07, 6.45) is -1.39. The Balaban J connectivity index is 2.73. The molecule has 0 aromatic carbocycles. The zero-order valence-electron chi connectivity index (χ0n) is 10.1. The van der Waals surface area contributed by atoms with Gasteiger partial charge in [-0.3, -0.25) is 0 Å². The van der Waals surface area contributed by atoms with Crippen LogP contribution in [0.15, 0.2) is 18.3 Å². The molecule has 0 aliphatic rings. The molecule has 1 aromatic rings. The molecule has 1 N–H and O–H groups in total. The molecular weight excluding hydrogens is 265 g/mol. The zero-order valence-corrected chi connectivity index (χ0v) is 10.9. The largest absolute Gasteiger partial charge is 0.419 e. The first-order chi connectivity index (χ1) is 8.49. The van der Waals surface area contributed by atoms with Crippen LogP contribution in [0.2, 0.25) is 0 Å². The molecule has 1 atom stereocenters. The van der Waals surface area contributed by atoms with E-state index in [4.69, 9.17) is 11.6 Å². The number of halogens is 4. The fourth-order valence-corrected chi connectivity index (χ4v) is 1.93. The van der Waals surface area contributed by atoms with Gasteiger partial charge in [0.2, 0.25) is 0 Å². The Morgan fingerprint density at radius 2 is 2.17 bits per heavy atom. The molecule has 0 saturated carbocycles. The van der Waals surface area contributed by atoms with Crippen molar-refractivity contribution in [3.05, 3.63) is 23.9 Å². The van der Waals surface area contributed by atoms with Gasteiger partial charge in [-0.2, -0.15) is 13.2 Å². The van der Waals surface area contributed by atoms with Gasteiger partial charge in [0.05, 0.1) is 5.56 Å². The second-order valence-electron chi connectivity index (χ2n) is 4.03. The van der Waals surface area contributed by atoms with E-state index in [0.29, 0.717) is 12.4 Å². The monoisotopic (exact) mass is 280 g/mol. The second kappa shape index (κ2) is 6.83. The van der Waals surface area contributed by atoms with Gasteiger partial charge in [-0.25, -0.2) is 4.98 Å². The first kappa shape index (κ1) is 15.1. The summed E-state index contributed by atoms with van der Waals surface area (Å²) in [4.78, 5) is 3.75. The fourth-order valence-electron chi connectivity index (χ4n) is 1.62. The molecule has 2 nitrogen and oxygen atoms in total. The number of hydrogen-bond donors (Lipinski definition) is 1. The van der Waals surface area contributed by atoms with Gasteiger partial charge in [0.15, 0.2) is 0 Å². The van der Waals surface area contributed by atoms with Crippen molar-refractivity contribution in [1.82, 2.24) is 4.98 Å². The quantitative estimate of drug-likeness (QED) is 0.791. The summed E-state index contributed by atoms with van der Waals surface area (Å²) < 4.78 is 38.1. The Bertz CT molecular complexity index is 369. The molecule has 0 radical (unpaired) electrons. The van der Waals surface area contributed by atoms with Crippen LogP contribution in [-0.4, -0.2) is 17.4 Å². The minimum Gasteiger partial charge on any atom is -0.369 e. The predicted octanol–water partition coefficient (Wildman–Crippen LogP) is 4.17. The van der Waals surface area contributed by atoms with Gasteiger partial charge < -0.3 is 5.32 Å². The van der Waals surface area contributed by atoms with Crippen molar-refractivity contribution in [3.8, 4) is 0 Å². The van der Waals surface area contributed by atoms with Gasteiger partial charge in [0.25, 0.3) is 0 Å². The van der Waals surface area contributed by atoms with Crippen LogP contribution in [0.5, 0.6) is 0 Å². The molecule has 1 aromatic heterocycles. The van der Waals surface area contributed by atoms with Crippen molar-refractivity contribution in [2.75, 3.05) is 17.7 Å². The number of nitrogens with one attached hydrogen (secondary N) is 1. The minimum absolute atomic E-state index is 0.113. The summed E-state index contributed by atoms with van der Waals surface area (Å²) in [5.74, 6) is 0.651. The van der Waals surface area contributed by atoms with Gasteiger partial charge in [0, 0.05) is 18.6 Å². The van der Waals surface area contributed by atoms with Crippen LogP contribution in [0.4, 0.5) is 19.0 Å². The number of rotatable bonds is 6. The topological polar surface area (TPSA) is 24.9 Å². The fraction of sp³-hybridized carbons (Fsp3) is 0.583. The van der Waals surface area contributed by atoms with Crippen LogP contribution in [0.25, 0.3) is 0 Å². The van der Waals surface area contributed by atoms with E-state index >= 15 is 0 Å². The number of pyridine rings is 1. The third-order valence-electron chi connectivity index (χ3n) is 2.77. The standard InChI is InChI=1S/C12H16ClF3N2/c1-2-9(5-6-13)8-18-11-10(12(14,15)16)4-3-7-17-11/h3-4,7,9H,2,5-6,8H2,1H3,(H,17,18). The molecule has 6 heteroatoms. The average Bonchev–Trinajstić information content (AvgIpc) is 2.33. The molecule has 0 fully saturated rings. The zero-order chi connectivity index (χ0) is 13.6. The summed E-state index contributed by atoms with van der Waals surface area (Å²) in [5.41, 5.74) is -0.731. The van der Waals surface area contributed by atoms with Crippen LogP contribution in [0.3, 0.4) is 0 Å². The van der Waals surface area contributed by atoms with Gasteiger partial charge >= 0.3 is 6.18 Å². The molecule has 0 saturated heterocycles. The Hall–Kier alpha value is -0.970. The molecular formula is C12H16ClF3N2. The van der Waals surface area contributed by atoms with Crippen LogP contribution >= 0.6 is 11.6 Å². The highest BCUT2D eigenvalue weighted by molar-refractivity contribution is 6.17. The number of hydrogen-bond acceptors (Lipinski definition) is 2. The maximum atomic E-state index is 12.7. The Morgan fingerprint density at radius 3 is 2.72 bits per heavy atom. The average molecular weight is 281 g/mol. The Labute approximate surface area is 110 Å². The van der Waals surface area contributed by atoms with E-state index in [0.717, 1.165) is 18.9 Å². The van der Waals surface area contributed by atoms with E-state index < -0.39 is 11.7 Å². The molecule has 0 amide bonds. The van der Waals surface area contributed by atoms with Crippen LogP contribution < -0.4 is 5.32 Å². The van der Waals surface area contributed by atoms with Crippen molar-refractivity contribution in [3.63, 3.8) is 0 Å². The lowest BCUT2D eigenvalue weighted by Crippen LogP contribution is -2.18. The van der Waals surface area contributed by atoms with E-state index in [-0.39, 0.29) is 11.7 Å². The summed E-state index contributed by atoms with van der Waals surface area (Å²) in [7, 11) is 0. The molecule has 0 spiro atoms. The predicted molar refractivity (Wildman–Crippen MR) is 66.8 cm³/mol. The van der Waals surface area contributed by atoms with E-state index in [2.05, 4.69) is 10.3 Å². The van der Waals surface area contributed by atoms with Gasteiger partial charge in [-0.1, -0.05) is 13.3 Å². The first-order valence-corrected chi connectivity index (χ1v) is 6.34. The summed E-state index contributed by atoms with van der Waals surface area (Å²) in [6, 6.07) is 2.31. The van der Waals surface area contributed by atoms with Gasteiger partial charge in [0.1, 0.15) is 5.82 Å². The molecule has 0 bridgehead atoms. The van der Waals surface area contributed by atoms with Crippen LogP contribution in [-0.2, 0) is 6.18 Å². The maximum Gasteiger partial charge on any atom is 0.419 e. The molecule has 0 aliphatic carbocycles. The highest BCUT2D eigenvalue weighted by Gasteiger charge is 2.34. The van der Waals surface area contributed by atoms with Crippen molar-refractivity contribution in [2.45, 2.75) is 25.9 Å². The van der Waals surface area contributed by atoms with Crippen molar-refractivity contribution in [1.29, 1.82) is 0 Å². The second-order valence-corrected chi connectivity index (χ2v) is 4.41. The SMILES string of the molecule is CCC(CCCl)CNc1ncccc1C(F)(F)F. The molecule has 18 heavy (non-hydrogen) atoms. The highest BCUT2D eigenvalue weighted by atomic mass is 35.5. The molecule has 1 heterocycles. The van der Waals surface area contributed by atoms with Gasteiger partial charge in [-0.05, 0) is 24.5 Å². The molecule has 1 rings (SSSR count). The lowest BCUT2D eigenvalue weighted by molar-refractivity contribution is -0.137. The lowest BCUT2D eigenvalue weighted by atomic mass is 10.0. The summed E-state index contributed by atoms with van der Waals surface area (Å²) in [5, 5.41) is 2.77. The third-order valence-corrected chi connectivity index (χ3v) is 2.98. The number of alkyl halides is 4. The Kier molecular flexibility index (Phi) is 5.72. The molecule has 1 unspecified atom stereocenters. The minimum atomic E-state index is -4.38. The van der Waals surface area contributed by atoms with Crippen LogP contribution in [0, 0.1) is 5.92 Å². The normalized spacial score (nSPS) is 13.4. The first-order valence-electron chi connectivity index (χ1n) is 5.81. The van der Waals surface area contributed by atoms with E-state index in [1.165, 1.54) is 12.3 Å². The summed E-state index contributed by atoms with van der Waals surface area (Å²) >= 11 is 5.64. The maximum absolute atomic E-state index is 12.7. The van der Waals surface area contributed by atoms with Crippen molar-refractivity contribution < 1.29 is 13.2 Å². The third kappa shape index (κ3) is 4.37. The van der Waals surface area contributed by atoms with Crippen molar-refractivity contribution >= 4 is 17.4 Å². The van der Waals surface area contributed by atoms with Crippen LogP contribution in [0.1, 0.15) is 25.3 Å². The number of nitrogens with zero attached hydrogens (tertiary/aromatic N) is 1. The molecule has 102 valence electrons. The smallest absolute Gasteiger partial charge is 0.369 e.